The lowest BCUT2D eigenvalue weighted by molar-refractivity contribution is -0.385. The zero-order valence-corrected chi connectivity index (χ0v) is 12.6. The molecule has 0 aliphatic carbocycles. The summed E-state index contributed by atoms with van der Waals surface area (Å²) in [6.07, 6.45) is 0.663. The second-order valence-electron chi connectivity index (χ2n) is 5.41. The number of nitrogens with zero attached hydrogens (tertiary/aromatic N) is 1. The molecule has 0 saturated heterocycles. The highest BCUT2D eigenvalue weighted by molar-refractivity contribution is 5.96. The first-order valence-corrected chi connectivity index (χ1v) is 7.34. The highest BCUT2D eigenvalue weighted by atomic mass is 16.6. The Bertz CT molecular complexity index is 773. The monoisotopic (exact) mass is 312 g/mol. The summed E-state index contributed by atoms with van der Waals surface area (Å²) < 4.78 is 5.57. The fraction of sp³-hybridized carbons (Fsp3) is 0.235. The summed E-state index contributed by atoms with van der Waals surface area (Å²) in [7, 11) is 0. The number of carbonyl (C=O) groups excluding carboxylic acids is 1. The fourth-order valence-corrected chi connectivity index (χ4v) is 2.80. The van der Waals surface area contributed by atoms with Crippen molar-refractivity contribution >= 4 is 11.6 Å². The van der Waals surface area contributed by atoms with Crippen LogP contribution < -0.4 is 10.1 Å². The van der Waals surface area contributed by atoms with Gasteiger partial charge in [0.1, 0.15) is 5.75 Å². The molecule has 1 aliphatic rings. The van der Waals surface area contributed by atoms with Crippen LogP contribution in [0.2, 0.25) is 0 Å². The van der Waals surface area contributed by atoms with Crippen LogP contribution in [-0.2, 0) is 0 Å². The summed E-state index contributed by atoms with van der Waals surface area (Å²) in [5.74, 6) is 0.452. The zero-order chi connectivity index (χ0) is 16.4. The Morgan fingerprint density at radius 1 is 1.26 bits per heavy atom. The van der Waals surface area contributed by atoms with E-state index in [4.69, 9.17) is 4.74 Å². The topological polar surface area (TPSA) is 81.5 Å². The molecule has 0 bridgehead atoms. The number of nitro groups is 1. The highest BCUT2D eigenvalue weighted by Gasteiger charge is 2.25. The highest BCUT2D eigenvalue weighted by Crippen LogP contribution is 2.32. The average molecular weight is 312 g/mol. The van der Waals surface area contributed by atoms with Gasteiger partial charge >= 0.3 is 0 Å². The molecule has 1 aliphatic heterocycles. The van der Waals surface area contributed by atoms with Crippen LogP contribution in [0.3, 0.4) is 0 Å². The minimum atomic E-state index is -0.476. The average Bonchev–Trinajstić information content (AvgIpc) is 2.55. The number of rotatable bonds is 3. The van der Waals surface area contributed by atoms with Gasteiger partial charge in [0.05, 0.1) is 17.6 Å². The molecule has 23 heavy (non-hydrogen) atoms. The van der Waals surface area contributed by atoms with Crippen LogP contribution in [0.4, 0.5) is 5.69 Å². The minimum absolute atomic E-state index is 0.0509. The smallest absolute Gasteiger partial charge is 0.273 e. The van der Waals surface area contributed by atoms with E-state index in [0.29, 0.717) is 24.2 Å². The van der Waals surface area contributed by atoms with E-state index in [-0.39, 0.29) is 17.6 Å². The molecular weight excluding hydrogens is 296 g/mol. The molecule has 2 aromatic rings. The largest absolute Gasteiger partial charge is 0.493 e. The van der Waals surface area contributed by atoms with Crippen molar-refractivity contribution in [2.45, 2.75) is 19.4 Å². The number of para-hydroxylation sites is 1. The van der Waals surface area contributed by atoms with Crippen molar-refractivity contribution in [2.24, 2.45) is 0 Å². The van der Waals surface area contributed by atoms with Gasteiger partial charge in [0.25, 0.3) is 11.6 Å². The molecule has 1 N–H and O–H groups in total. The third kappa shape index (κ3) is 2.88. The number of hydrogen-bond acceptors (Lipinski definition) is 4. The van der Waals surface area contributed by atoms with Crippen molar-refractivity contribution in [3.63, 3.8) is 0 Å². The van der Waals surface area contributed by atoms with Crippen molar-refractivity contribution in [3.8, 4) is 5.75 Å². The Hall–Kier alpha value is -2.89. The lowest BCUT2D eigenvalue weighted by Gasteiger charge is -2.26. The van der Waals surface area contributed by atoms with E-state index in [1.54, 1.807) is 13.0 Å². The molecule has 0 spiro atoms. The maximum atomic E-state index is 12.5. The molecule has 0 radical (unpaired) electrons. The maximum Gasteiger partial charge on any atom is 0.273 e. The number of nitrogens with one attached hydrogen (secondary N) is 1. The standard InChI is InChI=1S/C17H16N2O4/c1-11-12(6-4-7-15(11)19(21)22)17(20)18-14-9-10-23-16-8-3-2-5-13(14)16/h2-8,14H,9-10H2,1H3,(H,18,20)/t14-/m0/s1. The SMILES string of the molecule is Cc1c(C(=O)N[C@H]2CCOc3ccccc32)cccc1[N+](=O)[O-]. The van der Waals surface area contributed by atoms with Crippen molar-refractivity contribution in [1.29, 1.82) is 0 Å². The first-order valence-electron chi connectivity index (χ1n) is 7.34. The quantitative estimate of drug-likeness (QED) is 0.697. The number of amides is 1. The molecule has 118 valence electrons. The molecule has 2 aromatic carbocycles. The summed E-state index contributed by atoms with van der Waals surface area (Å²) in [5, 5.41) is 14.0. The summed E-state index contributed by atoms with van der Waals surface area (Å²) in [6.45, 7) is 2.11. The number of fused-ring (bicyclic) bond motifs is 1. The molecule has 0 unspecified atom stereocenters. The third-order valence-corrected chi connectivity index (χ3v) is 4.01. The summed E-state index contributed by atoms with van der Waals surface area (Å²) in [6, 6.07) is 11.9. The van der Waals surface area contributed by atoms with E-state index in [2.05, 4.69) is 5.32 Å². The number of nitro benzene ring substituents is 1. The molecule has 1 amide bonds. The van der Waals surface area contributed by atoms with E-state index in [9.17, 15) is 14.9 Å². The van der Waals surface area contributed by atoms with Gasteiger partial charge in [-0.15, -0.1) is 0 Å². The van der Waals surface area contributed by atoms with Gasteiger partial charge in [-0.3, -0.25) is 14.9 Å². The van der Waals surface area contributed by atoms with Crippen molar-refractivity contribution < 1.29 is 14.5 Å². The van der Waals surface area contributed by atoms with Gasteiger partial charge < -0.3 is 10.1 Å². The van der Waals surface area contributed by atoms with Crippen molar-refractivity contribution in [3.05, 3.63) is 69.3 Å². The molecule has 0 saturated carbocycles. The third-order valence-electron chi connectivity index (χ3n) is 4.01. The van der Waals surface area contributed by atoms with E-state index in [0.717, 1.165) is 11.3 Å². The van der Waals surface area contributed by atoms with E-state index in [1.807, 2.05) is 24.3 Å². The van der Waals surface area contributed by atoms with E-state index >= 15 is 0 Å². The Labute approximate surface area is 133 Å². The molecule has 1 atom stereocenters. The number of ether oxygens (including phenoxy) is 1. The van der Waals surface area contributed by atoms with Gasteiger partial charge in [0.15, 0.2) is 0 Å². The Morgan fingerprint density at radius 2 is 2.04 bits per heavy atom. The van der Waals surface area contributed by atoms with Crippen LogP contribution in [0.15, 0.2) is 42.5 Å². The maximum absolute atomic E-state index is 12.5. The molecular formula is C17H16N2O4. The predicted octanol–water partition coefficient (Wildman–Crippen LogP) is 3.16. The number of hydrogen-bond donors (Lipinski definition) is 1. The number of carbonyl (C=O) groups is 1. The molecule has 6 heteroatoms. The van der Waals surface area contributed by atoms with Gasteiger partial charge in [0, 0.05) is 29.2 Å². The molecule has 0 fully saturated rings. The first kappa shape index (κ1) is 15.0. The fourth-order valence-electron chi connectivity index (χ4n) is 2.80. The van der Waals surface area contributed by atoms with Gasteiger partial charge in [-0.25, -0.2) is 0 Å². The molecule has 6 nitrogen and oxygen atoms in total. The normalized spacial score (nSPS) is 16.1. The lowest BCUT2D eigenvalue weighted by atomic mass is 9.99. The Balaban J connectivity index is 1.86. The number of benzene rings is 2. The van der Waals surface area contributed by atoms with Crippen LogP contribution in [0.5, 0.6) is 5.75 Å². The van der Waals surface area contributed by atoms with Gasteiger partial charge in [-0.1, -0.05) is 24.3 Å². The van der Waals surface area contributed by atoms with Gasteiger partial charge in [-0.05, 0) is 19.1 Å². The molecule has 1 heterocycles. The zero-order valence-electron chi connectivity index (χ0n) is 12.6. The molecule has 3 rings (SSSR count). The van der Waals surface area contributed by atoms with Crippen LogP contribution in [0, 0.1) is 17.0 Å². The van der Waals surface area contributed by atoms with Crippen LogP contribution in [-0.4, -0.2) is 17.4 Å². The molecule has 0 aromatic heterocycles. The summed E-state index contributed by atoms with van der Waals surface area (Å²) in [4.78, 5) is 23.1. The van der Waals surface area contributed by atoms with E-state index in [1.165, 1.54) is 12.1 Å². The Kier molecular flexibility index (Phi) is 3.97. The second-order valence-corrected chi connectivity index (χ2v) is 5.41. The predicted molar refractivity (Wildman–Crippen MR) is 84.6 cm³/mol. The van der Waals surface area contributed by atoms with Crippen LogP contribution >= 0.6 is 0 Å². The van der Waals surface area contributed by atoms with Gasteiger partial charge in [-0.2, -0.15) is 0 Å². The second kappa shape index (κ2) is 6.08. The summed E-state index contributed by atoms with van der Waals surface area (Å²) in [5.41, 5.74) is 1.57. The van der Waals surface area contributed by atoms with E-state index < -0.39 is 4.92 Å². The summed E-state index contributed by atoms with van der Waals surface area (Å²) >= 11 is 0. The van der Waals surface area contributed by atoms with Gasteiger partial charge in [0.2, 0.25) is 0 Å². The van der Waals surface area contributed by atoms with Crippen molar-refractivity contribution in [1.82, 2.24) is 5.32 Å². The van der Waals surface area contributed by atoms with Crippen LogP contribution in [0.25, 0.3) is 0 Å². The van der Waals surface area contributed by atoms with Crippen LogP contribution in [0.1, 0.15) is 33.9 Å². The lowest BCUT2D eigenvalue weighted by Crippen LogP contribution is -2.32. The van der Waals surface area contributed by atoms with Crippen molar-refractivity contribution in [2.75, 3.05) is 6.61 Å². The Morgan fingerprint density at radius 3 is 2.83 bits per heavy atom. The minimum Gasteiger partial charge on any atom is -0.493 e. The first-order chi connectivity index (χ1) is 11.1.